The van der Waals surface area contributed by atoms with Crippen LogP contribution in [0.3, 0.4) is 0 Å². The molecule has 1 N–H and O–H groups in total. The van der Waals surface area contributed by atoms with Crippen LogP contribution in [0.4, 0.5) is 0 Å². The Hall–Kier alpha value is -3.02. The first kappa shape index (κ1) is 18.8. The van der Waals surface area contributed by atoms with Crippen molar-refractivity contribution < 1.29 is 9.84 Å². The average molecular weight is 420 g/mol. The van der Waals surface area contributed by atoms with E-state index in [1.807, 2.05) is 91.0 Å². The zero-order valence-electron chi connectivity index (χ0n) is 15.1. The first-order valence-electron chi connectivity index (χ1n) is 8.72. The molecular formula is C22H21AsN2O2+2. The Labute approximate surface area is 161 Å². The van der Waals surface area contributed by atoms with Crippen LogP contribution in [0.2, 0.25) is 0 Å². The summed E-state index contributed by atoms with van der Waals surface area (Å²) in [5.74, 6) is -0.330. The third-order valence-corrected chi connectivity index (χ3v) is 13.0. The van der Waals surface area contributed by atoms with Gasteiger partial charge in [0.15, 0.2) is 0 Å². The third-order valence-electron chi connectivity index (χ3n) is 4.32. The molecule has 0 saturated heterocycles. The summed E-state index contributed by atoms with van der Waals surface area (Å²) in [4.78, 5) is 3.59. The molecule has 134 valence electrons. The Morgan fingerprint density at radius 3 is 1.48 bits per heavy atom. The van der Waals surface area contributed by atoms with Gasteiger partial charge in [0.1, 0.15) is 0 Å². The maximum absolute atomic E-state index is 10.7. The van der Waals surface area contributed by atoms with E-state index in [0.717, 1.165) is 13.1 Å². The van der Waals surface area contributed by atoms with E-state index in [9.17, 15) is 10.5 Å². The first-order valence-corrected chi connectivity index (χ1v) is 12.5. The van der Waals surface area contributed by atoms with Crippen molar-refractivity contribution in [1.29, 1.82) is 5.39 Å². The maximum atomic E-state index is 10.7. The Balaban J connectivity index is 2.48. The van der Waals surface area contributed by atoms with Crippen LogP contribution < -0.4 is 13.1 Å². The molecule has 3 aromatic carbocycles. The van der Waals surface area contributed by atoms with Gasteiger partial charge in [0.25, 0.3) is 0 Å². The van der Waals surface area contributed by atoms with Crippen molar-refractivity contribution in [2.75, 3.05) is 6.61 Å². The quantitative estimate of drug-likeness (QED) is 0.378. The summed E-state index contributed by atoms with van der Waals surface area (Å²) in [5.41, 5.74) is 0. The monoisotopic (exact) mass is 420 g/mol. The van der Waals surface area contributed by atoms with Gasteiger partial charge >= 0.3 is 162 Å². The van der Waals surface area contributed by atoms with Crippen LogP contribution in [-0.4, -0.2) is 25.3 Å². The Morgan fingerprint density at radius 2 is 1.19 bits per heavy atom. The van der Waals surface area contributed by atoms with Crippen LogP contribution in [0.15, 0.2) is 101 Å². The number of hydrogen-bond acceptors (Lipinski definition) is 3. The van der Waals surface area contributed by atoms with Crippen molar-refractivity contribution in [2.45, 2.75) is 6.92 Å². The number of benzene rings is 3. The molecule has 0 saturated carbocycles. The van der Waals surface area contributed by atoms with Gasteiger partial charge in [0, 0.05) is 0 Å². The van der Waals surface area contributed by atoms with Crippen molar-refractivity contribution in [2.24, 2.45) is 0 Å². The second-order valence-corrected chi connectivity index (χ2v) is 12.8. The number of aliphatic hydroxyl groups is 1. The molecule has 0 radical (unpaired) electrons. The zero-order valence-corrected chi connectivity index (χ0v) is 16.9. The Kier molecular flexibility index (Phi) is 5.96. The van der Waals surface area contributed by atoms with E-state index in [0.29, 0.717) is 0 Å². The van der Waals surface area contributed by atoms with Gasteiger partial charge in [0.05, 0.1) is 0 Å². The van der Waals surface area contributed by atoms with E-state index in [2.05, 4.69) is 4.98 Å². The van der Waals surface area contributed by atoms with E-state index in [1.165, 1.54) is 0 Å². The van der Waals surface area contributed by atoms with Crippen molar-refractivity contribution in [3.63, 3.8) is 0 Å². The molecule has 0 amide bonds. The molecule has 3 aromatic rings. The van der Waals surface area contributed by atoms with Gasteiger partial charge in [-0.25, -0.2) is 0 Å². The second kappa shape index (κ2) is 8.57. The zero-order chi connectivity index (χ0) is 19.1. The van der Waals surface area contributed by atoms with Crippen LogP contribution in [0, 0.1) is 5.39 Å². The number of aliphatic hydroxyl groups excluding tert-OH is 1. The third kappa shape index (κ3) is 3.47. The average Bonchev–Trinajstić information content (AvgIpc) is 2.74. The molecule has 0 bridgehead atoms. The summed E-state index contributed by atoms with van der Waals surface area (Å²) in [6.45, 7) is 2.06. The molecule has 0 aliphatic heterocycles. The molecule has 0 unspecified atom stereocenters. The van der Waals surface area contributed by atoms with Gasteiger partial charge in [0.2, 0.25) is 0 Å². The Bertz CT molecular complexity index is 855. The van der Waals surface area contributed by atoms with Crippen LogP contribution in [0.1, 0.15) is 6.92 Å². The molecule has 0 heterocycles. The summed E-state index contributed by atoms with van der Waals surface area (Å²) in [5, 5.41) is 20.7. The molecular weight excluding hydrogens is 399 g/mol. The molecule has 3 rings (SSSR count). The van der Waals surface area contributed by atoms with Crippen molar-refractivity contribution >= 4 is 26.6 Å². The predicted octanol–water partition coefficient (Wildman–Crippen LogP) is 3.31. The van der Waals surface area contributed by atoms with Crippen molar-refractivity contribution in [3.05, 3.63) is 106 Å². The topological polar surface area (TPSA) is 57.6 Å². The van der Waals surface area contributed by atoms with Crippen LogP contribution >= 0.6 is 0 Å². The molecule has 0 atom stereocenters. The van der Waals surface area contributed by atoms with Gasteiger partial charge in [-0.3, -0.25) is 0 Å². The van der Waals surface area contributed by atoms with Gasteiger partial charge in [-0.05, 0) is 0 Å². The van der Waals surface area contributed by atoms with Gasteiger partial charge < -0.3 is 0 Å². The van der Waals surface area contributed by atoms with Gasteiger partial charge in [-0.15, -0.1) is 0 Å². The molecule has 5 heteroatoms. The minimum absolute atomic E-state index is 0.207. The van der Waals surface area contributed by atoms with E-state index in [1.54, 1.807) is 6.92 Å². The molecule has 0 spiro atoms. The number of hydrogen-bond donors (Lipinski definition) is 1. The summed E-state index contributed by atoms with van der Waals surface area (Å²) in [6.07, 6.45) is 0. The van der Waals surface area contributed by atoms with E-state index < -0.39 is 13.6 Å². The standard InChI is InChI=1S/C22H20AsN2O2/c1-2-27-22(26)21(25-24)23(18-12-6-3-7-13-18,19-14-8-4-9-15-19)20-16-10-5-11-17-20/h3-17H,2H2,1H3/q+1/p+1/b22-21-. The molecule has 0 fully saturated rings. The minimum atomic E-state index is -3.55. The SMILES string of the molecule is CCO/C(O)=C(\[N+]#N)[As+](c1ccccc1)(c1ccccc1)c1ccccc1. The van der Waals surface area contributed by atoms with E-state index in [-0.39, 0.29) is 17.0 Å². The van der Waals surface area contributed by atoms with E-state index in [4.69, 9.17) is 4.74 Å². The number of rotatable bonds is 6. The molecule has 0 aliphatic rings. The summed E-state index contributed by atoms with van der Waals surface area (Å²) in [6, 6.07) is 29.8. The fourth-order valence-corrected chi connectivity index (χ4v) is 11.6. The molecule has 0 aliphatic carbocycles. The number of nitrogens with zero attached hydrogens (tertiary/aromatic N) is 2. The van der Waals surface area contributed by atoms with Crippen LogP contribution in [0.5, 0.6) is 0 Å². The number of ether oxygens (including phenoxy) is 1. The summed E-state index contributed by atoms with van der Waals surface area (Å²) >= 11 is -3.55. The van der Waals surface area contributed by atoms with Gasteiger partial charge in [-0.1, -0.05) is 0 Å². The fourth-order valence-electron chi connectivity index (χ4n) is 3.22. The van der Waals surface area contributed by atoms with Crippen molar-refractivity contribution in [1.82, 2.24) is 0 Å². The summed E-state index contributed by atoms with van der Waals surface area (Å²) < 4.78 is 8.66. The van der Waals surface area contributed by atoms with E-state index >= 15 is 0 Å². The summed E-state index contributed by atoms with van der Waals surface area (Å²) in [7, 11) is 0. The molecule has 0 aromatic heterocycles. The van der Waals surface area contributed by atoms with Crippen molar-refractivity contribution in [3.8, 4) is 0 Å². The Morgan fingerprint density at radius 1 is 0.815 bits per heavy atom. The van der Waals surface area contributed by atoms with Gasteiger partial charge in [-0.2, -0.15) is 0 Å². The molecule has 4 nitrogen and oxygen atoms in total. The second-order valence-electron chi connectivity index (χ2n) is 5.84. The van der Waals surface area contributed by atoms with Crippen LogP contribution in [-0.2, 0) is 4.74 Å². The number of diazo groups is 1. The first-order chi connectivity index (χ1) is 13.2. The predicted molar refractivity (Wildman–Crippen MR) is 110 cm³/mol. The van der Waals surface area contributed by atoms with Crippen LogP contribution in [0.25, 0.3) is 4.98 Å². The molecule has 27 heavy (non-hydrogen) atoms. The fraction of sp³-hybridized carbons (Fsp3) is 0.0909. The normalized spacial score (nSPS) is 12.0.